The summed E-state index contributed by atoms with van der Waals surface area (Å²) >= 11 is 0. The van der Waals surface area contributed by atoms with E-state index < -0.39 is 0 Å². The second-order valence-electron chi connectivity index (χ2n) is 3.23. The molecule has 3 heteroatoms. The van der Waals surface area contributed by atoms with Crippen LogP contribution in [0, 0.1) is 5.82 Å². The van der Waals surface area contributed by atoms with Gasteiger partial charge in [0.2, 0.25) is 6.08 Å². The molecule has 16 heavy (non-hydrogen) atoms. The van der Waals surface area contributed by atoms with Crippen LogP contribution in [0.15, 0.2) is 53.5 Å². The lowest BCUT2D eigenvalue weighted by molar-refractivity contribution is 0.565. The standard InChI is InChI=1S/C13H8FNO/c14-11-6-7-13(15-9-16)12(8-11)10-4-2-1-3-5-10/h1-8H. The van der Waals surface area contributed by atoms with Gasteiger partial charge in [-0.3, -0.25) is 0 Å². The summed E-state index contributed by atoms with van der Waals surface area (Å²) in [5, 5.41) is 0. The first-order valence-electron chi connectivity index (χ1n) is 4.74. The molecule has 2 rings (SSSR count). The molecule has 2 aromatic carbocycles. The van der Waals surface area contributed by atoms with Gasteiger partial charge in [0, 0.05) is 5.56 Å². The van der Waals surface area contributed by atoms with Gasteiger partial charge in [0.05, 0.1) is 5.69 Å². The van der Waals surface area contributed by atoms with Crippen LogP contribution < -0.4 is 0 Å². The molecular weight excluding hydrogens is 205 g/mol. The molecule has 0 bridgehead atoms. The molecule has 0 unspecified atom stereocenters. The summed E-state index contributed by atoms with van der Waals surface area (Å²) < 4.78 is 13.1. The predicted octanol–water partition coefficient (Wildman–Crippen LogP) is 3.46. The molecule has 0 radical (unpaired) electrons. The minimum atomic E-state index is -0.358. The number of hydrogen-bond donors (Lipinski definition) is 0. The number of rotatable bonds is 2. The van der Waals surface area contributed by atoms with Crippen LogP contribution in [0.1, 0.15) is 0 Å². The van der Waals surface area contributed by atoms with E-state index in [0.29, 0.717) is 11.3 Å². The van der Waals surface area contributed by atoms with E-state index in [2.05, 4.69) is 4.99 Å². The van der Waals surface area contributed by atoms with Crippen molar-refractivity contribution in [3.05, 3.63) is 54.3 Å². The van der Waals surface area contributed by atoms with Crippen LogP contribution in [-0.2, 0) is 4.79 Å². The molecule has 0 aliphatic carbocycles. The Kier molecular flexibility index (Phi) is 2.90. The van der Waals surface area contributed by atoms with Crippen molar-refractivity contribution < 1.29 is 9.18 Å². The van der Waals surface area contributed by atoms with Crippen LogP contribution >= 0.6 is 0 Å². The SMILES string of the molecule is O=C=Nc1ccc(F)cc1-c1ccccc1. The van der Waals surface area contributed by atoms with E-state index in [1.54, 1.807) is 0 Å². The van der Waals surface area contributed by atoms with Gasteiger partial charge in [-0.05, 0) is 23.8 Å². The number of hydrogen-bond acceptors (Lipinski definition) is 2. The first kappa shape index (κ1) is 10.3. The van der Waals surface area contributed by atoms with Crippen LogP contribution in [0.3, 0.4) is 0 Å². The van der Waals surface area contributed by atoms with Crippen LogP contribution in [0.5, 0.6) is 0 Å². The Bertz CT molecular complexity index is 545. The first-order valence-corrected chi connectivity index (χ1v) is 4.74. The summed E-state index contributed by atoms with van der Waals surface area (Å²) in [5.74, 6) is -0.358. The normalized spacial score (nSPS) is 9.56. The minimum absolute atomic E-state index is 0.358. The molecular formula is C13H8FNO. The Labute approximate surface area is 92.1 Å². The van der Waals surface area contributed by atoms with Crippen molar-refractivity contribution >= 4 is 11.8 Å². The quantitative estimate of drug-likeness (QED) is 0.554. The molecule has 0 saturated heterocycles. The molecule has 2 nitrogen and oxygen atoms in total. The fourth-order valence-electron chi connectivity index (χ4n) is 1.50. The Balaban J connectivity index is 2.62. The summed E-state index contributed by atoms with van der Waals surface area (Å²) in [4.78, 5) is 13.8. The Hall–Kier alpha value is -2.25. The zero-order chi connectivity index (χ0) is 11.4. The third-order valence-electron chi connectivity index (χ3n) is 2.21. The Morgan fingerprint density at radius 2 is 1.81 bits per heavy atom. The highest BCUT2D eigenvalue weighted by atomic mass is 19.1. The molecule has 0 saturated carbocycles. The van der Waals surface area contributed by atoms with E-state index in [4.69, 9.17) is 0 Å². The average Bonchev–Trinajstić information content (AvgIpc) is 2.33. The molecule has 0 atom stereocenters. The highest BCUT2D eigenvalue weighted by Crippen LogP contribution is 2.30. The van der Waals surface area contributed by atoms with Crippen molar-refractivity contribution in [1.82, 2.24) is 0 Å². The van der Waals surface area contributed by atoms with E-state index >= 15 is 0 Å². The average molecular weight is 213 g/mol. The van der Waals surface area contributed by atoms with Gasteiger partial charge in [-0.15, -0.1) is 0 Å². The minimum Gasteiger partial charge on any atom is -0.211 e. The zero-order valence-electron chi connectivity index (χ0n) is 8.35. The van der Waals surface area contributed by atoms with Crippen molar-refractivity contribution in [3.8, 4) is 11.1 Å². The monoisotopic (exact) mass is 213 g/mol. The van der Waals surface area contributed by atoms with E-state index in [1.165, 1.54) is 24.3 Å². The molecule has 0 fully saturated rings. The molecule has 2 aromatic rings. The summed E-state index contributed by atoms with van der Waals surface area (Å²) in [5.41, 5.74) is 1.82. The highest BCUT2D eigenvalue weighted by molar-refractivity contribution is 5.77. The third kappa shape index (κ3) is 2.05. The third-order valence-corrected chi connectivity index (χ3v) is 2.21. The zero-order valence-corrected chi connectivity index (χ0v) is 8.35. The number of carbonyl (C=O) groups excluding carboxylic acids is 1. The fourth-order valence-corrected chi connectivity index (χ4v) is 1.50. The molecule has 78 valence electrons. The van der Waals surface area contributed by atoms with E-state index in [9.17, 15) is 9.18 Å². The number of nitrogens with zero attached hydrogens (tertiary/aromatic N) is 1. The van der Waals surface area contributed by atoms with Gasteiger partial charge in [0.1, 0.15) is 5.82 Å². The van der Waals surface area contributed by atoms with E-state index in [-0.39, 0.29) is 5.82 Å². The number of halogens is 1. The van der Waals surface area contributed by atoms with Crippen LogP contribution in [0.2, 0.25) is 0 Å². The molecule has 0 aliphatic heterocycles. The van der Waals surface area contributed by atoms with Crippen LogP contribution in [0.25, 0.3) is 11.1 Å². The lowest BCUT2D eigenvalue weighted by Gasteiger charge is -2.04. The van der Waals surface area contributed by atoms with E-state index in [1.807, 2.05) is 30.3 Å². The maximum absolute atomic E-state index is 13.1. The second kappa shape index (κ2) is 4.51. The number of benzene rings is 2. The molecule has 0 amide bonds. The van der Waals surface area contributed by atoms with Crippen LogP contribution in [0.4, 0.5) is 10.1 Å². The summed E-state index contributed by atoms with van der Waals surface area (Å²) in [7, 11) is 0. The summed E-state index contributed by atoms with van der Waals surface area (Å²) in [6, 6.07) is 13.3. The van der Waals surface area contributed by atoms with Gasteiger partial charge in [-0.2, -0.15) is 4.99 Å². The Morgan fingerprint density at radius 3 is 2.50 bits per heavy atom. The van der Waals surface area contributed by atoms with Gasteiger partial charge in [-0.25, -0.2) is 9.18 Å². The van der Waals surface area contributed by atoms with Gasteiger partial charge < -0.3 is 0 Å². The summed E-state index contributed by atoms with van der Waals surface area (Å²) in [6.45, 7) is 0. The topological polar surface area (TPSA) is 29.4 Å². The lowest BCUT2D eigenvalue weighted by Crippen LogP contribution is -1.81. The second-order valence-corrected chi connectivity index (χ2v) is 3.23. The largest absolute Gasteiger partial charge is 0.240 e. The lowest BCUT2D eigenvalue weighted by atomic mass is 10.0. The molecule has 0 N–H and O–H groups in total. The van der Waals surface area contributed by atoms with Gasteiger partial charge in [-0.1, -0.05) is 30.3 Å². The Morgan fingerprint density at radius 1 is 1.06 bits per heavy atom. The van der Waals surface area contributed by atoms with Crippen molar-refractivity contribution in [3.63, 3.8) is 0 Å². The van der Waals surface area contributed by atoms with Gasteiger partial charge >= 0.3 is 0 Å². The van der Waals surface area contributed by atoms with Crippen molar-refractivity contribution in [2.45, 2.75) is 0 Å². The fraction of sp³-hybridized carbons (Fsp3) is 0. The van der Waals surface area contributed by atoms with Crippen molar-refractivity contribution in [2.75, 3.05) is 0 Å². The van der Waals surface area contributed by atoms with Gasteiger partial charge in [0.25, 0.3) is 0 Å². The molecule has 0 aromatic heterocycles. The van der Waals surface area contributed by atoms with Crippen LogP contribution in [-0.4, -0.2) is 6.08 Å². The number of isocyanates is 1. The smallest absolute Gasteiger partial charge is 0.211 e. The molecule has 0 heterocycles. The highest BCUT2D eigenvalue weighted by Gasteiger charge is 2.05. The maximum Gasteiger partial charge on any atom is 0.240 e. The maximum atomic E-state index is 13.1. The summed E-state index contributed by atoms with van der Waals surface area (Å²) in [6.07, 6.45) is 1.47. The molecule has 0 spiro atoms. The van der Waals surface area contributed by atoms with Gasteiger partial charge in [0.15, 0.2) is 0 Å². The molecule has 0 aliphatic rings. The first-order chi connectivity index (χ1) is 7.81. The van der Waals surface area contributed by atoms with Crippen molar-refractivity contribution in [1.29, 1.82) is 0 Å². The predicted molar refractivity (Wildman–Crippen MR) is 59.6 cm³/mol. The van der Waals surface area contributed by atoms with Crippen molar-refractivity contribution in [2.24, 2.45) is 4.99 Å². The number of aliphatic imine (C=N–C) groups is 1. The van der Waals surface area contributed by atoms with E-state index in [0.717, 1.165) is 5.56 Å².